The Morgan fingerprint density at radius 3 is 2.72 bits per heavy atom. The van der Waals surface area contributed by atoms with E-state index in [9.17, 15) is 4.79 Å². The second-order valence-electron chi connectivity index (χ2n) is 7.91. The summed E-state index contributed by atoms with van der Waals surface area (Å²) in [6, 6.07) is 3.96. The van der Waals surface area contributed by atoms with Gasteiger partial charge in [-0.1, -0.05) is 0 Å². The van der Waals surface area contributed by atoms with Crippen LogP contribution in [-0.4, -0.2) is 34.8 Å². The molecule has 6 nitrogen and oxygen atoms in total. The Bertz CT molecular complexity index is 1010. The van der Waals surface area contributed by atoms with Crippen molar-refractivity contribution in [3.05, 3.63) is 33.2 Å². The topological polar surface area (TPSA) is 67.3 Å². The maximum Gasteiger partial charge on any atom is 0.407 e. The molecular formula is C20H25ClN4O2S2. The smallest absolute Gasteiger partial charge is 0.407 e. The van der Waals surface area contributed by atoms with Gasteiger partial charge in [-0.3, -0.25) is 0 Å². The number of carbonyl (C=O) groups excluding carboxylic acids is 1. The molecule has 156 valence electrons. The summed E-state index contributed by atoms with van der Waals surface area (Å²) >= 11 is 9.51. The van der Waals surface area contributed by atoms with Crippen LogP contribution in [0.5, 0.6) is 0 Å². The van der Waals surface area contributed by atoms with Crippen LogP contribution in [0.3, 0.4) is 0 Å². The largest absolute Gasteiger partial charge is 0.444 e. The molecule has 9 heteroatoms. The van der Waals surface area contributed by atoms with Gasteiger partial charge in [-0.05, 0) is 69.3 Å². The highest BCUT2D eigenvalue weighted by molar-refractivity contribution is 7.20. The molecule has 1 amide bonds. The van der Waals surface area contributed by atoms with E-state index in [1.54, 1.807) is 22.7 Å². The fourth-order valence-corrected chi connectivity index (χ4v) is 5.18. The van der Waals surface area contributed by atoms with Crippen LogP contribution in [0.4, 0.5) is 15.6 Å². The number of nitrogens with one attached hydrogen (secondary N) is 1. The molecule has 0 spiro atoms. The molecule has 3 heterocycles. The van der Waals surface area contributed by atoms with E-state index >= 15 is 0 Å². The van der Waals surface area contributed by atoms with Gasteiger partial charge < -0.3 is 15.0 Å². The molecule has 3 aromatic rings. The summed E-state index contributed by atoms with van der Waals surface area (Å²) in [6.07, 6.45) is 0.260. The molecule has 29 heavy (non-hydrogen) atoms. The first-order valence-corrected chi connectivity index (χ1v) is 11.3. The zero-order chi connectivity index (χ0) is 21.3. The van der Waals surface area contributed by atoms with E-state index in [2.05, 4.69) is 15.3 Å². The van der Waals surface area contributed by atoms with Gasteiger partial charge in [0.15, 0.2) is 5.82 Å². The van der Waals surface area contributed by atoms with Gasteiger partial charge in [-0.15, -0.1) is 22.7 Å². The van der Waals surface area contributed by atoms with Crippen LogP contribution in [0.15, 0.2) is 17.5 Å². The molecule has 1 N–H and O–H groups in total. The Morgan fingerprint density at radius 2 is 2.10 bits per heavy atom. The van der Waals surface area contributed by atoms with Gasteiger partial charge in [-0.25, -0.2) is 9.78 Å². The molecule has 0 bridgehead atoms. The summed E-state index contributed by atoms with van der Waals surface area (Å²) in [5, 5.41) is 6.23. The quantitative estimate of drug-likeness (QED) is 0.485. The van der Waals surface area contributed by atoms with Crippen LogP contribution in [0, 0.1) is 6.92 Å². The van der Waals surface area contributed by atoms with Crippen molar-refractivity contribution in [2.75, 3.05) is 11.9 Å². The molecule has 0 saturated carbocycles. The van der Waals surface area contributed by atoms with Crippen molar-refractivity contribution >= 4 is 61.4 Å². The first kappa shape index (κ1) is 21.8. The number of thiophene rings is 2. The number of hydrogen-bond acceptors (Lipinski definition) is 7. The lowest BCUT2D eigenvalue weighted by atomic mass is 10.1. The molecule has 3 rings (SSSR count). The Morgan fingerprint density at radius 1 is 1.38 bits per heavy atom. The highest BCUT2D eigenvalue weighted by atomic mass is 35.5. The minimum Gasteiger partial charge on any atom is -0.444 e. The number of ether oxygens (including phenoxy) is 1. The number of hydrogen-bond donors (Lipinski definition) is 1. The van der Waals surface area contributed by atoms with Crippen LogP contribution < -0.4 is 10.2 Å². The van der Waals surface area contributed by atoms with Gasteiger partial charge in [0.05, 0.1) is 15.2 Å². The van der Waals surface area contributed by atoms with Crippen LogP contribution >= 0.6 is 34.3 Å². The van der Waals surface area contributed by atoms with E-state index in [1.807, 2.05) is 64.1 Å². The van der Waals surface area contributed by atoms with Gasteiger partial charge in [0, 0.05) is 24.4 Å². The molecule has 0 aliphatic heterocycles. The van der Waals surface area contributed by atoms with Crippen molar-refractivity contribution in [2.24, 2.45) is 0 Å². The van der Waals surface area contributed by atoms with E-state index in [-0.39, 0.29) is 11.3 Å². The van der Waals surface area contributed by atoms with Gasteiger partial charge in [0.25, 0.3) is 0 Å². The fourth-order valence-electron chi connectivity index (χ4n) is 2.92. The van der Waals surface area contributed by atoms with Crippen molar-refractivity contribution < 1.29 is 9.53 Å². The van der Waals surface area contributed by atoms with Gasteiger partial charge in [-0.2, -0.15) is 4.98 Å². The fraction of sp³-hybridized carbons (Fsp3) is 0.450. The summed E-state index contributed by atoms with van der Waals surface area (Å²) < 4.78 is 6.34. The molecule has 1 atom stereocenters. The predicted octanol–water partition coefficient (Wildman–Crippen LogP) is 5.94. The number of nitrogens with zero attached hydrogens (tertiary/aromatic N) is 3. The molecule has 0 saturated heterocycles. The SMILES string of the molecule is Cc1c(C[C@H](C)NC(=O)OC(C)(C)C)sc2c(N(C)c3cccs3)nc(Cl)nc12. The predicted molar refractivity (Wildman–Crippen MR) is 122 cm³/mol. The van der Waals surface area contributed by atoms with E-state index in [0.29, 0.717) is 6.42 Å². The standard InChI is InChI=1S/C20H25ClN4O2S2/c1-11(22-19(26)27-20(3,4)5)10-13-12(2)15-16(29-13)17(24-18(21)23-15)25(6)14-8-7-9-28-14/h7-9,11H,10H2,1-6H3,(H,22,26)/t11-/m0/s1. The van der Waals surface area contributed by atoms with E-state index < -0.39 is 11.7 Å². The Labute approximate surface area is 183 Å². The Balaban J connectivity index is 1.87. The molecule has 0 aliphatic rings. The first-order valence-electron chi connectivity index (χ1n) is 9.27. The molecule has 0 aromatic carbocycles. The Hall–Kier alpha value is -1.90. The number of fused-ring (bicyclic) bond motifs is 1. The second kappa shape index (κ2) is 8.45. The maximum absolute atomic E-state index is 12.1. The number of rotatable bonds is 5. The minimum absolute atomic E-state index is 0.0847. The number of carbonyl (C=O) groups is 1. The zero-order valence-electron chi connectivity index (χ0n) is 17.4. The number of anilines is 2. The third kappa shape index (κ3) is 5.18. The number of halogens is 1. The molecular weight excluding hydrogens is 428 g/mol. The molecule has 0 fully saturated rings. The van der Waals surface area contributed by atoms with Crippen molar-refractivity contribution in [1.29, 1.82) is 0 Å². The van der Waals surface area contributed by atoms with Crippen molar-refractivity contribution in [3.8, 4) is 0 Å². The summed E-state index contributed by atoms with van der Waals surface area (Å²) in [4.78, 5) is 24.2. The number of aromatic nitrogens is 2. The molecule has 0 aliphatic carbocycles. The molecule has 0 unspecified atom stereocenters. The van der Waals surface area contributed by atoms with Crippen LogP contribution in [0.2, 0.25) is 5.28 Å². The van der Waals surface area contributed by atoms with Crippen LogP contribution in [0.25, 0.3) is 10.2 Å². The number of alkyl carbamates (subject to hydrolysis) is 1. The van der Waals surface area contributed by atoms with E-state index in [1.165, 1.54) is 0 Å². The lowest BCUT2D eigenvalue weighted by Gasteiger charge is -2.21. The van der Waals surface area contributed by atoms with Crippen molar-refractivity contribution in [1.82, 2.24) is 15.3 Å². The average molecular weight is 453 g/mol. The Kier molecular flexibility index (Phi) is 6.36. The van der Waals surface area contributed by atoms with Crippen molar-refractivity contribution in [2.45, 2.75) is 52.7 Å². The average Bonchev–Trinajstić information content (AvgIpc) is 3.22. The summed E-state index contributed by atoms with van der Waals surface area (Å²) in [6.45, 7) is 9.54. The third-order valence-electron chi connectivity index (χ3n) is 4.23. The highest BCUT2D eigenvalue weighted by Gasteiger charge is 2.22. The molecule has 3 aromatic heterocycles. The van der Waals surface area contributed by atoms with Gasteiger partial charge >= 0.3 is 6.09 Å². The second-order valence-corrected chi connectivity index (χ2v) is 10.3. The first-order chi connectivity index (χ1) is 13.5. The maximum atomic E-state index is 12.1. The third-order valence-corrected chi connectivity index (χ3v) is 6.64. The number of amides is 1. The monoisotopic (exact) mass is 452 g/mol. The van der Waals surface area contributed by atoms with Crippen molar-refractivity contribution in [3.63, 3.8) is 0 Å². The summed E-state index contributed by atoms with van der Waals surface area (Å²) in [5.74, 6) is 0.787. The van der Waals surface area contributed by atoms with E-state index in [0.717, 1.165) is 31.5 Å². The zero-order valence-corrected chi connectivity index (χ0v) is 19.8. The normalized spacial score (nSPS) is 12.8. The van der Waals surface area contributed by atoms with Gasteiger partial charge in [0.2, 0.25) is 5.28 Å². The molecule has 0 radical (unpaired) electrons. The highest BCUT2D eigenvalue weighted by Crippen LogP contribution is 2.39. The lowest BCUT2D eigenvalue weighted by Crippen LogP contribution is -2.38. The van der Waals surface area contributed by atoms with Crippen LogP contribution in [0.1, 0.15) is 38.1 Å². The lowest BCUT2D eigenvalue weighted by molar-refractivity contribution is 0.0508. The number of aryl methyl sites for hydroxylation is 1. The van der Waals surface area contributed by atoms with Crippen LogP contribution in [-0.2, 0) is 11.2 Å². The van der Waals surface area contributed by atoms with E-state index in [4.69, 9.17) is 16.3 Å². The summed E-state index contributed by atoms with van der Waals surface area (Å²) in [7, 11) is 1.98. The van der Waals surface area contributed by atoms with Gasteiger partial charge in [0.1, 0.15) is 5.60 Å². The summed E-state index contributed by atoms with van der Waals surface area (Å²) in [5.41, 5.74) is 1.39. The minimum atomic E-state index is -0.523.